The topological polar surface area (TPSA) is 82.4 Å². The van der Waals surface area contributed by atoms with Gasteiger partial charge in [0, 0.05) is 6.04 Å². The van der Waals surface area contributed by atoms with Crippen molar-refractivity contribution in [1.29, 1.82) is 5.26 Å². The van der Waals surface area contributed by atoms with E-state index in [-0.39, 0.29) is 17.4 Å². The van der Waals surface area contributed by atoms with Gasteiger partial charge in [0.2, 0.25) is 0 Å². The predicted molar refractivity (Wildman–Crippen MR) is 82.7 cm³/mol. The quantitative estimate of drug-likeness (QED) is 0.639. The zero-order valence-corrected chi connectivity index (χ0v) is 14.4. The van der Waals surface area contributed by atoms with Gasteiger partial charge >= 0.3 is 6.09 Å². The Morgan fingerprint density at radius 1 is 1.27 bits per heavy atom. The molecular weight excluding hydrogens is 282 g/mol. The van der Waals surface area contributed by atoms with Crippen LogP contribution in [0.4, 0.5) is 4.79 Å². The van der Waals surface area contributed by atoms with Crippen molar-refractivity contribution in [2.45, 2.75) is 78.5 Å². The number of nitrogens with zero attached hydrogens (tertiary/aromatic N) is 2. The largest absolute Gasteiger partial charge is 0.444 e. The van der Waals surface area contributed by atoms with Crippen molar-refractivity contribution in [3.63, 3.8) is 0 Å². The number of ether oxygens (including phenoxy) is 1. The molecule has 0 aliphatic heterocycles. The standard InChI is InChI=1S/C16H27N3O3/c1-15(2,3)9-12(18-14(21)22-16(4,5)6)13(20)19(10-17)11-7-8-11/h11-12H,7-9H2,1-6H3,(H,18,21). The maximum Gasteiger partial charge on any atom is 0.408 e. The molecule has 1 unspecified atom stereocenters. The van der Waals surface area contributed by atoms with E-state index in [0.29, 0.717) is 6.42 Å². The third kappa shape index (κ3) is 6.33. The number of nitriles is 1. The second-order valence-corrected chi connectivity index (χ2v) is 8.00. The number of hydrogen-bond acceptors (Lipinski definition) is 4. The van der Waals surface area contributed by atoms with Crippen LogP contribution in [0.25, 0.3) is 0 Å². The van der Waals surface area contributed by atoms with Crippen molar-refractivity contribution < 1.29 is 14.3 Å². The summed E-state index contributed by atoms with van der Waals surface area (Å²) >= 11 is 0. The summed E-state index contributed by atoms with van der Waals surface area (Å²) < 4.78 is 5.22. The highest BCUT2D eigenvalue weighted by atomic mass is 16.6. The van der Waals surface area contributed by atoms with Crippen LogP contribution in [0.15, 0.2) is 0 Å². The first-order valence-corrected chi connectivity index (χ1v) is 7.65. The van der Waals surface area contributed by atoms with Crippen molar-refractivity contribution in [2.24, 2.45) is 5.41 Å². The molecule has 0 aromatic carbocycles. The van der Waals surface area contributed by atoms with Gasteiger partial charge in [0.1, 0.15) is 11.6 Å². The normalized spacial score (nSPS) is 16.4. The molecule has 1 aliphatic carbocycles. The molecule has 1 aliphatic rings. The minimum atomic E-state index is -0.755. The summed E-state index contributed by atoms with van der Waals surface area (Å²) in [6, 6.07) is -0.768. The molecule has 1 rings (SSSR count). The highest BCUT2D eigenvalue weighted by Crippen LogP contribution is 2.29. The summed E-state index contributed by atoms with van der Waals surface area (Å²) in [6.07, 6.45) is 3.43. The van der Waals surface area contributed by atoms with Crippen LogP contribution in [0.5, 0.6) is 0 Å². The number of rotatable bonds is 4. The molecule has 0 aromatic heterocycles. The first kappa shape index (κ1) is 18.3. The molecule has 0 bridgehead atoms. The van der Waals surface area contributed by atoms with Gasteiger partial charge < -0.3 is 10.1 Å². The third-order valence-electron chi connectivity index (χ3n) is 3.06. The van der Waals surface area contributed by atoms with Crippen molar-refractivity contribution in [3.8, 4) is 6.19 Å². The van der Waals surface area contributed by atoms with E-state index in [1.54, 1.807) is 20.8 Å². The number of carbonyl (C=O) groups is 2. The Balaban J connectivity index is 2.81. The molecule has 1 N–H and O–H groups in total. The lowest BCUT2D eigenvalue weighted by molar-refractivity contribution is -0.131. The fourth-order valence-corrected chi connectivity index (χ4v) is 2.07. The SMILES string of the molecule is CC(C)(C)CC(NC(=O)OC(C)(C)C)C(=O)N(C#N)C1CC1. The summed E-state index contributed by atoms with van der Waals surface area (Å²) in [7, 11) is 0. The second-order valence-electron chi connectivity index (χ2n) is 8.00. The zero-order valence-electron chi connectivity index (χ0n) is 14.4. The lowest BCUT2D eigenvalue weighted by Crippen LogP contribution is -2.50. The summed E-state index contributed by atoms with van der Waals surface area (Å²) in [5.74, 6) is -0.356. The predicted octanol–water partition coefficient (Wildman–Crippen LogP) is 2.79. The molecule has 0 aromatic rings. The molecule has 6 nitrogen and oxygen atoms in total. The Bertz CT molecular complexity index is 464. The minimum absolute atomic E-state index is 0.0135. The fraction of sp³-hybridized carbons (Fsp3) is 0.812. The van der Waals surface area contributed by atoms with E-state index in [4.69, 9.17) is 4.74 Å². The molecule has 1 fully saturated rings. The lowest BCUT2D eigenvalue weighted by atomic mass is 9.87. The third-order valence-corrected chi connectivity index (χ3v) is 3.06. The Morgan fingerprint density at radius 3 is 2.18 bits per heavy atom. The maximum absolute atomic E-state index is 12.6. The average Bonchev–Trinajstić information content (AvgIpc) is 3.08. The van der Waals surface area contributed by atoms with Crippen LogP contribution in [-0.2, 0) is 9.53 Å². The van der Waals surface area contributed by atoms with Gasteiger partial charge in [-0.2, -0.15) is 5.26 Å². The molecule has 2 amide bonds. The molecule has 0 heterocycles. The number of amides is 2. The van der Waals surface area contributed by atoms with Crippen LogP contribution in [0.2, 0.25) is 0 Å². The van der Waals surface area contributed by atoms with Crippen LogP contribution >= 0.6 is 0 Å². The van der Waals surface area contributed by atoms with Crippen LogP contribution in [0.1, 0.15) is 60.8 Å². The Hall–Kier alpha value is -1.77. The molecule has 6 heteroatoms. The molecular formula is C16H27N3O3. The molecule has 124 valence electrons. The molecule has 1 atom stereocenters. The zero-order chi connectivity index (χ0) is 17.1. The summed E-state index contributed by atoms with van der Waals surface area (Å²) in [5.41, 5.74) is -0.801. The van der Waals surface area contributed by atoms with Crippen LogP contribution < -0.4 is 5.32 Å². The number of carbonyl (C=O) groups excluding carboxylic acids is 2. The highest BCUT2D eigenvalue weighted by Gasteiger charge is 2.38. The van der Waals surface area contributed by atoms with Crippen molar-refractivity contribution in [2.75, 3.05) is 0 Å². The summed E-state index contributed by atoms with van der Waals surface area (Å²) in [6.45, 7) is 11.2. The molecule has 1 saturated carbocycles. The first-order chi connectivity index (χ1) is 9.93. The van der Waals surface area contributed by atoms with Crippen LogP contribution in [0, 0.1) is 16.9 Å². The Labute approximate surface area is 132 Å². The molecule has 0 saturated heterocycles. The molecule has 0 spiro atoms. The highest BCUT2D eigenvalue weighted by molar-refractivity contribution is 5.87. The van der Waals surface area contributed by atoms with Crippen molar-refractivity contribution >= 4 is 12.0 Å². The number of alkyl carbamates (subject to hydrolysis) is 1. The maximum atomic E-state index is 12.6. The van der Waals surface area contributed by atoms with Gasteiger partial charge in [0.25, 0.3) is 5.91 Å². The van der Waals surface area contributed by atoms with Crippen molar-refractivity contribution in [3.05, 3.63) is 0 Å². The summed E-state index contributed by atoms with van der Waals surface area (Å²) in [5, 5.41) is 11.8. The lowest BCUT2D eigenvalue weighted by Gasteiger charge is -2.29. The van der Waals surface area contributed by atoms with E-state index in [1.807, 2.05) is 27.0 Å². The van der Waals surface area contributed by atoms with Crippen LogP contribution in [-0.4, -0.2) is 34.6 Å². The average molecular weight is 309 g/mol. The van der Waals surface area contributed by atoms with E-state index in [1.165, 1.54) is 4.90 Å². The van der Waals surface area contributed by atoms with E-state index in [0.717, 1.165) is 12.8 Å². The molecule has 0 radical (unpaired) electrons. The van der Waals surface area contributed by atoms with Crippen molar-refractivity contribution in [1.82, 2.24) is 10.2 Å². The van der Waals surface area contributed by atoms with E-state index in [2.05, 4.69) is 5.32 Å². The monoisotopic (exact) mass is 309 g/mol. The smallest absolute Gasteiger partial charge is 0.408 e. The van der Waals surface area contributed by atoms with Gasteiger partial charge in [-0.05, 0) is 45.4 Å². The first-order valence-electron chi connectivity index (χ1n) is 7.65. The fourth-order valence-electron chi connectivity index (χ4n) is 2.07. The number of hydrogen-bond donors (Lipinski definition) is 1. The number of nitrogens with one attached hydrogen (secondary N) is 1. The van der Waals surface area contributed by atoms with Gasteiger partial charge in [-0.25, -0.2) is 9.69 Å². The van der Waals surface area contributed by atoms with Crippen LogP contribution in [0.3, 0.4) is 0 Å². The Kier molecular flexibility index (Phi) is 5.44. The van der Waals surface area contributed by atoms with Gasteiger partial charge in [-0.15, -0.1) is 0 Å². The second kappa shape index (κ2) is 6.55. The van der Waals surface area contributed by atoms with Gasteiger partial charge in [0.05, 0.1) is 0 Å². The molecule has 22 heavy (non-hydrogen) atoms. The van der Waals surface area contributed by atoms with E-state index in [9.17, 15) is 14.9 Å². The van der Waals surface area contributed by atoms with Gasteiger partial charge in [0.15, 0.2) is 6.19 Å². The van der Waals surface area contributed by atoms with E-state index >= 15 is 0 Å². The summed E-state index contributed by atoms with van der Waals surface area (Å²) in [4.78, 5) is 25.7. The Morgan fingerprint density at radius 2 is 1.82 bits per heavy atom. The van der Waals surface area contributed by atoms with Gasteiger partial charge in [-0.3, -0.25) is 4.79 Å². The van der Waals surface area contributed by atoms with Gasteiger partial charge in [-0.1, -0.05) is 20.8 Å². The van der Waals surface area contributed by atoms with E-state index < -0.39 is 17.7 Å². The minimum Gasteiger partial charge on any atom is -0.444 e.